The minimum Gasteiger partial charge on any atom is -0.497 e. The highest BCUT2D eigenvalue weighted by atomic mass is 32.2. The van der Waals surface area contributed by atoms with Crippen LogP contribution in [0.25, 0.3) is 0 Å². The number of anilines is 1. The predicted octanol–water partition coefficient (Wildman–Crippen LogP) is 3.14. The molecule has 0 atom stereocenters. The van der Waals surface area contributed by atoms with Gasteiger partial charge in [0.05, 0.1) is 7.11 Å². The van der Waals surface area contributed by atoms with Crippen LogP contribution in [-0.4, -0.2) is 17.1 Å². The number of nitrogens with two attached hydrogens (primary N) is 1. The molecule has 100 valence electrons. The molecule has 1 aromatic heterocycles. The van der Waals surface area contributed by atoms with E-state index in [4.69, 9.17) is 10.5 Å². The summed E-state index contributed by atoms with van der Waals surface area (Å²) in [7, 11) is 1.64. The van der Waals surface area contributed by atoms with Gasteiger partial charge in [-0.3, -0.25) is 0 Å². The number of rotatable bonds is 3. The number of hydrogen-bond acceptors (Lipinski definition) is 5. The summed E-state index contributed by atoms with van der Waals surface area (Å²) >= 11 is 1.45. The fourth-order valence-corrected chi connectivity index (χ4v) is 2.54. The number of aromatic nitrogens is 2. The Labute approximate surface area is 117 Å². The third kappa shape index (κ3) is 2.98. The average molecular weight is 275 g/mol. The van der Waals surface area contributed by atoms with Gasteiger partial charge in [0.25, 0.3) is 0 Å². The minimum atomic E-state index is 0.699. The van der Waals surface area contributed by atoms with E-state index in [1.54, 1.807) is 7.11 Å². The van der Waals surface area contributed by atoms with Crippen LogP contribution < -0.4 is 10.5 Å². The maximum atomic E-state index is 5.97. The molecule has 0 spiro atoms. The highest BCUT2D eigenvalue weighted by Crippen LogP contribution is 2.33. The first-order valence-corrected chi connectivity index (χ1v) is 6.76. The Balaban J connectivity index is 2.36. The Morgan fingerprint density at radius 2 is 1.74 bits per heavy atom. The van der Waals surface area contributed by atoms with Gasteiger partial charge in [-0.1, -0.05) is 0 Å². The highest BCUT2D eigenvalue weighted by molar-refractivity contribution is 7.99. The van der Waals surface area contributed by atoms with Crippen molar-refractivity contribution in [3.63, 3.8) is 0 Å². The molecule has 0 aliphatic carbocycles. The first-order chi connectivity index (χ1) is 9.01. The molecule has 5 heteroatoms. The van der Waals surface area contributed by atoms with Crippen molar-refractivity contribution in [2.24, 2.45) is 0 Å². The smallest absolute Gasteiger partial charge is 0.192 e. The van der Waals surface area contributed by atoms with Gasteiger partial charge in [-0.2, -0.15) is 0 Å². The molecule has 1 heterocycles. The number of benzene rings is 1. The van der Waals surface area contributed by atoms with E-state index < -0.39 is 0 Å². The zero-order valence-electron chi connectivity index (χ0n) is 11.5. The molecule has 0 aliphatic heterocycles. The molecule has 0 amide bonds. The highest BCUT2D eigenvalue weighted by Gasteiger charge is 2.09. The molecular weight excluding hydrogens is 258 g/mol. The number of hydrogen-bond donors (Lipinski definition) is 1. The molecule has 2 aromatic rings. The number of ether oxygens (including phenoxy) is 1. The van der Waals surface area contributed by atoms with Gasteiger partial charge in [-0.25, -0.2) is 9.97 Å². The summed E-state index contributed by atoms with van der Waals surface area (Å²) in [6, 6.07) is 5.56. The maximum absolute atomic E-state index is 5.97. The Morgan fingerprint density at radius 1 is 1.11 bits per heavy atom. The van der Waals surface area contributed by atoms with E-state index in [1.807, 2.05) is 39.0 Å². The second-order valence-electron chi connectivity index (χ2n) is 4.31. The molecule has 2 rings (SSSR count). The van der Waals surface area contributed by atoms with Crippen molar-refractivity contribution in [1.82, 2.24) is 9.97 Å². The van der Waals surface area contributed by atoms with Gasteiger partial charge in [0.2, 0.25) is 0 Å². The van der Waals surface area contributed by atoms with E-state index in [-0.39, 0.29) is 0 Å². The number of nitrogen functional groups attached to an aromatic ring is 1. The lowest BCUT2D eigenvalue weighted by atomic mass is 10.2. The van der Waals surface area contributed by atoms with Gasteiger partial charge in [0.1, 0.15) is 5.75 Å². The zero-order chi connectivity index (χ0) is 14.0. The van der Waals surface area contributed by atoms with Gasteiger partial charge < -0.3 is 10.5 Å². The lowest BCUT2D eigenvalue weighted by molar-refractivity contribution is 0.414. The number of methoxy groups -OCH3 is 1. The van der Waals surface area contributed by atoms with Crippen LogP contribution in [0.15, 0.2) is 28.3 Å². The molecule has 0 fully saturated rings. The Bertz CT molecular complexity index is 591. The summed E-state index contributed by atoms with van der Waals surface area (Å²) in [4.78, 5) is 9.87. The van der Waals surface area contributed by atoms with Crippen LogP contribution in [0.2, 0.25) is 0 Å². The second-order valence-corrected chi connectivity index (χ2v) is 5.32. The number of nitrogens with zero attached hydrogens (tertiary/aromatic N) is 2. The molecule has 2 N–H and O–H groups in total. The topological polar surface area (TPSA) is 61.0 Å². The van der Waals surface area contributed by atoms with Gasteiger partial charge in [0, 0.05) is 22.0 Å². The lowest BCUT2D eigenvalue weighted by Crippen LogP contribution is -1.98. The number of aryl methyl sites for hydroxylation is 2. The Morgan fingerprint density at radius 3 is 2.32 bits per heavy atom. The van der Waals surface area contributed by atoms with Gasteiger partial charge in [0.15, 0.2) is 5.16 Å². The van der Waals surface area contributed by atoms with Crippen molar-refractivity contribution in [2.45, 2.75) is 30.8 Å². The first-order valence-electron chi connectivity index (χ1n) is 5.94. The molecule has 19 heavy (non-hydrogen) atoms. The van der Waals surface area contributed by atoms with E-state index >= 15 is 0 Å². The predicted molar refractivity (Wildman–Crippen MR) is 77.8 cm³/mol. The standard InChI is InChI=1S/C14H17N3OS/c1-8-9(2)16-14(17-10(8)3)19-13-7-11(18-4)5-6-12(13)15/h5-7H,15H2,1-4H3. The molecule has 1 aromatic carbocycles. The monoisotopic (exact) mass is 275 g/mol. The van der Waals surface area contributed by atoms with Gasteiger partial charge in [-0.05, 0) is 56.3 Å². The van der Waals surface area contributed by atoms with Gasteiger partial charge >= 0.3 is 0 Å². The summed E-state index contributed by atoms with van der Waals surface area (Å²) < 4.78 is 5.20. The molecule has 0 unspecified atom stereocenters. The fourth-order valence-electron chi connectivity index (χ4n) is 1.62. The Kier molecular flexibility index (Phi) is 3.95. The second kappa shape index (κ2) is 5.48. The van der Waals surface area contributed by atoms with Crippen molar-refractivity contribution in [1.29, 1.82) is 0 Å². The summed E-state index contributed by atoms with van der Waals surface area (Å²) in [5.74, 6) is 0.775. The van der Waals surface area contributed by atoms with E-state index in [0.717, 1.165) is 27.6 Å². The third-order valence-electron chi connectivity index (χ3n) is 3.03. The van der Waals surface area contributed by atoms with Crippen molar-refractivity contribution >= 4 is 17.4 Å². The van der Waals surface area contributed by atoms with Crippen molar-refractivity contribution in [3.05, 3.63) is 35.2 Å². The molecule has 0 bridgehead atoms. The zero-order valence-corrected chi connectivity index (χ0v) is 12.3. The summed E-state index contributed by atoms with van der Waals surface area (Å²) in [5.41, 5.74) is 9.79. The molecule has 0 saturated carbocycles. The van der Waals surface area contributed by atoms with Crippen LogP contribution in [0, 0.1) is 20.8 Å². The normalized spacial score (nSPS) is 10.5. The van der Waals surface area contributed by atoms with Crippen LogP contribution >= 0.6 is 11.8 Å². The molecule has 0 radical (unpaired) electrons. The SMILES string of the molecule is COc1ccc(N)c(Sc2nc(C)c(C)c(C)n2)c1. The molecule has 4 nitrogen and oxygen atoms in total. The third-order valence-corrected chi connectivity index (χ3v) is 3.97. The average Bonchev–Trinajstić information content (AvgIpc) is 2.38. The fraction of sp³-hybridized carbons (Fsp3) is 0.286. The maximum Gasteiger partial charge on any atom is 0.192 e. The molecule has 0 saturated heterocycles. The van der Waals surface area contributed by atoms with Crippen LogP contribution in [-0.2, 0) is 0 Å². The summed E-state index contributed by atoms with van der Waals surface area (Å²) in [5, 5.41) is 0.709. The molecular formula is C14H17N3OS. The van der Waals surface area contributed by atoms with Crippen LogP contribution in [0.3, 0.4) is 0 Å². The van der Waals surface area contributed by atoms with E-state index in [9.17, 15) is 0 Å². The van der Waals surface area contributed by atoms with Crippen molar-refractivity contribution < 1.29 is 4.74 Å². The minimum absolute atomic E-state index is 0.699. The quantitative estimate of drug-likeness (QED) is 0.688. The van der Waals surface area contributed by atoms with Crippen LogP contribution in [0.1, 0.15) is 17.0 Å². The van der Waals surface area contributed by atoms with Crippen LogP contribution in [0.5, 0.6) is 5.75 Å². The van der Waals surface area contributed by atoms with E-state index in [2.05, 4.69) is 9.97 Å². The van der Waals surface area contributed by atoms with Gasteiger partial charge in [-0.15, -0.1) is 0 Å². The Hall–Kier alpha value is -1.75. The largest absolute Gasteiger partial charge is 0.497 e. The lowest BCUT2D eigenvalue weighted by Gasteiger charge is -2.09. The van der Waals surface area contributed by atoms with Crippen molar-refractivity contribution in [3.8, 4) is 5.75 Å². The van der Waals surface area contributed by atoms with Crippen LogP contribution in [0.4, 0.5) is 5.69 Å². The first kappa shape index (κ1) is 13.7. The summed E-state index contributed by atoms with van der Waals surface area (Å²) in [6.45, 7) is 6.00. The molecule has 0 aliphatic rings. The van der Waals surface area contributed by atoms with Crippen molar-refractivity contribution in [2.75, 3.05) is 12.8 Å². The van der Waals surface area contributed by atoms with E-state index in [0.29, 0.717) is 10.8 Å². The summed E-state index contributed by atoms with van der Waals surface area (Å²) in [6.07, 6.45) is 0. The van der Waals surface area contributed by atoms with E-state index in [1.165, 1.54) is 11.8 Å².